The second-order valence-corrected chi connectivity index (χ2v) is 5.70. The smallest absolute Gasteiger partial charge is 0.0771 e. The van der Waals surface area contributed by atoms with Gasteiger partial charge in [-0.05, 0) is 44.1 Å². The summed E-state index contributed by atoms with van der Waals surface area (Å²) in [7, 11) is 0. The van der Waals surface area contributed by atoms with Gasteiger partial charge in [0, 0.05) is 13.2 Å². The lowest BCUT2D eigenvalue weighted by atomic mass is 9.96. The fraction of sp³-hybridized carbons (Fsp3) is 1.00. The van der Waals surface area contributed by atoms with E-state index in [-0.39, 0.29) is 0 Å². The molecule has 2 aliphatic carbocycles. The molecule has 16 heavy (non-hydrogen) atoms. The van der Waals surface area contributed by atoms with Crippen LogP contribution >= 0.6 is 0 Å². The largest absolute Gasteiger partial charge is 0.396 e. The Hall–Kier alpha value is -0.120. The van der Waals surface area contributed by atoms with E-state index in [4.69, 9.17) is 0 Å². The fourth-order valence-corrected chi connectivity index (χ4v) is 3.32. The van der Waals surface area contributed by atoms with Crippen LogP contribution in [0.1, 0.15) is 44.9 Å². The zero-order chi connectivity index (χ0) is 11.4. The molecule has 2 atom stereocenters. The molecule has 2 saturated carbocycles. The van der Waals surface area contributed by atoms with Gasteiger partial charge in [0.15, 0.2) is 0 Å². The quantitative estimate of drug-likeness (QED) is 0.663. The molecule has 2 unspecified atom stereocenters. The van der Waals surface area contributed by atoms with Crippen LogP contribution in [0.15, 0.2) is 0 Å². The molecule has 0 saturated heterocycles. The summed E-state index contributed by atoms with van der Waals surface area (Å²) in [6.45, 7) is 2.03. The van der Waals surface area contributed by atoms with Crippen LogP contribution in [-0.4, -0.2) is 35.5 Å². The van der Waals surface area contributed by atoms with Gasteiger partial charge < -0.3 is 15.5 Å². The van der Waals surface area contributed by atoms with Gasteiger partial charge >= 0.3 is 0 Å². The minimum atomic E-state index is -0.437. The maximum Gasteiger partial charge on any atom is 0.0771 e. The first-order valence-electron chi connectivity index (χ1n) is 6.77. The molecule has 0 aromatic rings. The molecule has 0 aromatic heterocycles. The molecule has 3 nitrogen and oxygen atoms in total. The second kappa shape index (κ2) is 5.48. The summed E-state index contributed by atoms with van der Waals surface area (Å²) in [6, 6.07) is 0. The normalized spacial score (nSPS) is 33.4. The third kappa shape index (κ3) is 2.96. The van der Waals surface area contributed by atoms with E-state index in [0.717, 1.165) is 25.9 Å². The lowest BCUT2D eigenvalue weighted by Gasteiger charge is -2.25. The predicted octanol–water partition coefficient (Wildman–Crippen LogP) is 1.29. The van der Waals surface area contributed by atoms with Crippen LogP contribution in [0.4, 0.5) is 0 Å². The van der Waals surface area contributed by atoms with Crippen LogP contribution < -0.4 is 5.32 Å². The Bertz CT molecular complexity index is 214. The van der Waals surface area contributed by atoms with Crippen LogP contribution in [0.3, 0.4) is 0 Å². The molecular weight excluding hydrogens is 202 g/mol. The number of hydrogen-bond donors (Lipinski definition) is 3. The summed E-state index contributed by atoms with van der Waals surface area (Å²) in [5, 5.41) is 22.8. The van der Waals surface area contributed by atoms with Gasteiger partial charge in [-0.1, -0.05) is 19.3 Å². The number of rotatable bonds is 5. The van der Waals surface area contributed by atoms with Gasteiger partial charge in [-0.15, -0.1) is 0 Å². The highest BCUT2D eigenvalue weighted by molar-refractivity contribution is 4.87. The van der Waals surface area contributed by atoms with E-state index in [0.29, 0.717) is 18.4 Å². The summed E-state index contributed by atoms with van der Waals surface area (Å²) in [5.41, 5.74) is -0.437. The lowest BCUT2D eigenvalue weighted by Crippen LogP contribution is -2.40. The van der Waals surface area contributed by atoms with Gasteiger partial charge in [-0.25, -0.2) is 0 Å². The van der Waals surface area contributed by atoms with Crippen molar-refractivity contribution in [2.75, 3.05) is 19.7 Å². The van der Waals surface area contributed by atoms with Gasteiger partial charge in [0.25, 0.3) is 0 Å². The van der Waals surface area contributed by atoms with Crippen molar-refractivity contribution in [2.24, 2.45) is 11.8 Å². The zero-order valence-corrected chi connectivity index (χ0v) is 10.1. The molecule has 2 fully saturated rings. The zero-order valence-electron chi connectivity index (χ0n) is 10.1. The van der Waals surface area contributed by atoms with Gasteiger partial charge in [0.05, 0.1) is 5.60 Å². The van der Waals surface area contributed by atoms with Gasteiger partial charge in [0.2, 0.25) is 0 Å². The molecule has 0 heterocycles. The Kier molecular flexibility index (Phi) is 4.22. The molecule has 0 aliphatic heterocycles. The first-order valence-corrected chi connectivity index (χ1v) is 6.77. The van der Waals surface area contributed by atoms with Crippen molar-refractivity contribution < 1.29 is 10.2 Å². The molecule has 0 spiro atoms. The van der Waals surface area contributed by atoms with Gasteiger partial charge in [-0.2, -0.15) is 0 Å². The van der Waals surface area contributed by atoms with E-state index in [1.807, 2.05) is 0 Å². The Morgan fingerprint density at radius 3 is 2.44 bits per heavy atom. The highest BCUT2D eigenvalue weighted by Crippen LogP contribution is 2.31. The molecule has 2 aliphatic rings. The molecule has 94 valence electrons. The Labute approximate surface area is 98.2 Å². The summed E-state index contributed by atoms with van der Waals surface area (Å²) >= 11 is 0. The SMILES string of the molecule is OCC1CCCC1CNCC1(O)CCCC1. The van der Waals surface area contributed by atoms with Crippen molar-refractivity contribution in [1.29, 1.82) is 0 Å². The monoisotopic (exact) mass is 227 g/mol. The molecule has 0 aromatic carbocycles. The Morgan fingerprint density at radius 1 is 1.06 bits per heavy atom. The third-order valence-corrected chi connectivity index (χ3v) is 4.45. The highest BCUT2D eigenvalue weighted by Gasteiger charge is 2.31. The van der Waals surface area contributed by atoms with Crippen molar-refractivity contribution in [1.82, 2.24) is 5.32 Å². The third-order valence-electron chi connectivity index (χ3n) is 4.45. The first kappa shape index (κ1) is 12.3. The Balaban J connectivity index is 1.67. The molecule has 3 N–H and O–H groups in total. The minimum absolute atomic E-state index is 0.330. The number of nitrogens with one attached hydrogen (secondary N) is 1. The van der Waals surface area contributed by atoms with Crippen molar-refractivity contribution in [3.63, 3.8) is 0 Å². The number of aliphatic hydroxyl groups is 2. The first-order chi connectivity index (χ1) is 7.73. The van der Waals surface area contributed by atoms with E-state index in [1.54, 1.807) is 0 Å². The van der Waals surface area contributed by atoms with Crippen LogP contribution in [-0.2, 0) is 0 Å². The van der Waals surface area contributed by atoms with Crippen molar-refractivity contribution in [3.05, 3.63) is 0 Å². The number of aliphatic hydroxyl groups excluding tert-OH is 1. The summed E-state index contributed by atoms with van der Waals surface area (Å²) in [4.78, 5) is 0. The molecule has 3 heteroatoms. The maximum absolute atomic E-state index is 10.2. The average Bonchev–Trinajstić information content (AvgIpc) is 2.88. The fourth-order valence-electron chi connectivity index (χ4n) is 3.32. The van der Waals surface area contributed by atoms with Crippen molar-refractivity contribution in [3.8, 4) is 0 Å². The molecule has 0 bridgehead atoms. The summed E-state index contributed by atoms with van der Waals surface area (Å²) in [5.74, 6) is 1.11. The van der Waals surface area contributed by atoms with Crippen molar-refractivity contribution in [2.45, 2.75) is 50.5 Å². The van der Waals surface area contributed by atoms with Crippen LogP contribution in [0.5, 0.6) is 0 Å². The van der Waals surface area contributed by atoms with Gasteiger partial charge in [0.1, 0.15) is 0 Å². The maximum atomic E-state index is 10.2. The standard InChI is InChI=1S/C13H25NO2/c15-9-12-5-3-4-11(12)8-14-10-13(16)6-1-2-7-13/h11-12,14-16H,1-10H2. The van der Waals surface area contributed by atoms with E-state index in [1.165, 1.54) is 32.1 Å². The van der Waals surface area contributed by atoms with E-state index < -0.39 is 5.60 Å². The summed E-state index contributed by atoms with van der Waals surface area (Å²) < 4.78 is 0. The molecule has 0 amide bonds. The van der Waals surface area contributed by atoms with E-state index in [2.05, 4.69) is 5.32 Å². The van der Waals surface area contributed by atoms with Crippen LogP contribution in [0, 0.1) is 11.8 Å². The highest BCUT2D eigenvalue weighted by atomic mass is 16.3. The number of hydrogen-bond acceptors (Lipinski definition) is 3. The van der Waals surface area contributed by atoms with E-state index >= 15 is 0 Å². The predicted molar refractivity (Wildman–Crippen MR) is 64.2 cm³/mol. The van der Waals surface area contributed by atoms with E-state index in [9.17, 15) is 10.2 Å². The molecule has 2 rings (SSSR count). The van der Waals surface area contributed by atoms with Gasteiger partial charge in [-0.3, -0.25) is 0 Å². The van der Waals surface area contributed by atoms with Crippen LogP contribution in [0.2, 0.25) is 0 Å². The molecular formula is C13H25NO2. The second-order valence-electron chi connectivity index (χ2n) is 5.70. The summed E-state index contributed by atoms with van der Waals surface area (Å²) in [6.07, 6.45) is 7.90. The minimum Gasteiger partial charge on any atom is -0.396 e. The average molecular weight is 227 g/mol. The van der Waals surface area contributed by atoms with Crippen molar-refractivity contribution >= 4 is 0 Å². The van der Waals surface area contributed by atoms with Crippen LogP contribution in [0.25, 0.3) is 0 Å². The topological polar surface area (TPSA) is 52.5 Å². The molecule has 0 radical (unpaired) electrons. The lowest BCUT2D eigenvalue weighted by molar-refractivity contribution is 0.0460. The Morgan fingerprint density at radius 2 is 1.75 bits per heavy atom.